The summed E-state index contributed by atoms with van der Waals surface area (Å²) in [5.74, 6) is 0.606. The van der Waals surface area contributed by atoms with Gasteiger partial charge in [-0.2, -0.15) is 0 Å². The van der Waals surface area contributed by atoms with E-state index in [1.807, 2.05) is 7.05 Å². The van der Waals surface area contributed by atoms with E-state index in [4.69, 9.17) is 9.47 Å². The first-order valence-corrected chi connectivity index (χ1v) is 5.00. The molecule has 0 fully saturated rings. The average Bonchev–Trinajstić information content (AvgIpc) is 2.03. The summed E-state index contributed by atoms with van der Waals surface area (Å²) < 4.78 is 10.9. The minimum atomic E-state index is 0.271. The summed E-state index contributed by atoms with van der Waals surface area (Å²) in [6.45, 7) is 9.45. The maximum atomic E-state index is 5.48. The van der Waals surface area contributed by atoms with Crippen LogP contribution in [0.25, 0.3) is 0 Å². The summed E-state index contributed by atoms with van der Waals surface area (Å²) in [6.07, 6.45) is 0.271. The maximum absolute atomic E-state index is 5.48. The van der Waals surface area contributed by atoms with Crippen LogP contribution < -0.4 is 5.32 Å². The zero-order chi connectivity index (χ0) is 10.1. The molecular weight excluding hydrogens is 166 g/mol. The van der Waals surface area contributed by atoms with Crippen LogP contribution in [0.4, 0.5) is 0 Å². The van der Waals surface area contributed by atoms with Crippen LogP contribution in [0, 0.1) is 5.92 Å². The molecule has 0 amide bonds. The van der Waals surface area contributed by atoms with E-state index in [1.165, 1.54) is 0 Å². The largest absolute Gasteiger partial charge is 0.379 e. The molecule has 1 N–H and O–H groups in total. The van der Waals surface area contributed by atoms with E-state index in [9.17, 15) is 0 Å². The van der Waals surface area contributed by atoms with Gasteiger partial charge in [-0.25, -0.2) is 0 Å². The quantitative estimate of drug-likeness (QED) is 0.584. The summed E-state index contributed by atoms with van der Waals surface area (Å²) in [5, 5.41) is 3.06. The van der Waals surface area contributed by atoms with Crippen molar-refractivity contribution in [3.8, 4) is 0 Å². The van der Waals surface area contributed by atoms with Crippen molar-refractivity contribution >= 4 is 0 Å². The first-order valence-electron chi connectivity index (χ1n) is 5.00. The smallest absolute Gasteiger partial charge is 0.0704 e. The number of hydrogen-bond acceptors (Lipinski definition) is 3. The van der Waals surface area contributed by atoms with Crippen LogP contribution in [0.15, 0.2) is 0 Å². The van der Waals surface area contributed by atoms with Gasteiger partial charge in [0.1, 0.15) is 0 Å². The second kappa shape index (κ2) is 8.48. The van der Waals surface area contributed by atoms with Gasteiger partial charge < -0.3 is 14.8 Å². The lowest BCUT2D eigenvalue weighted by Gasteiger charge is -2.12. The van der Waals surface area contributed by atoms with Crippen LogP contribution in [0.2, 0.25) is 0 Å². The summed E-state index contributed by atoms with van der Waals surface area (Å²) >= 11 is 0. The van der Waals surface area contributed by atoms with Gasteiger partial charge in [-0.3, -0.25) is 0 Å². The fourth-order valence-corrected chi connectivity index (χ4v) is 0.974. The number of nitrogens with one attached hydrogen (secondary N) is 1. The van der Waals surface area contributed by atoms with Crippen molar-refractivity contribution in [2.24, 2.45) is 5.92 Å². The molecule has 3 nitrogen and oxygen atoms in total. The van der Waals surface area contributed by atoms with Gasteiger partial charge in [0.25, 0.3) is 0 Å². The standard InChI is InChI=1S/C10H23NO2/c1-9(2)8-12-5-6-13-10(3)7-11-4/h9-11H,5-8H2,1-4H3. The molecule has 0 aromatic rings. The Morgan fingerprint density at radius 1 is 1.15 bits per heavy atom. The number of hydrogen-bond donors (Lipinski definition) is 1. The van der Waals surface area contributed by atoms with Crippen molar-refractivity contribution in [3.05, 3.63) is 0 Å². The third kappa shape index (κ3) is 9.80. The van der Waals surface area contributed by atoms with Crippen molar-refractivity contribution in [1.82, 2.24) is 5.32 Å². The van der Waals surface area contributed by atoms with E-state index in [0.29, 0.717) is 19.1 Å². The minimum Gasteiger partial charge on any atom is -0.379 e. The zero-order valence-electron chi connectivity index (χ0n) is 9.30. The molecule has 0 aliphatic carbocycles. The van der Waals surface area contributed by atoms with Crippen molar-refractivity contribution in [2.45, 2.75) is 26.9 Å². The van der Waals surface area contributed by atoms with Gasteiger partial charge in [0.2, 0.25) is 0 Å². The molecule has 0 aromatic heterocycles. The normalized spacial score (nSPS) is 13.6. The molecule has 13 heavy (non-hydrogen) atoms. The Labute approximate surface area is 81.8 Å². The van der Waals surface area contributed by atoms with Crippen molar-refractivity contribution < 1.29 is 9.47 Å². The van der Waals surface area contributed by atoms with Gasteiger partial charge in [-0.05, 0) is 19.9 Å². The van der Waals surface area contributed by atoms with Gasteiger partial charge in [0.15, 0.2) is 0 Å². The van der Waals surface area contributed by atoms with E-state index < -0.39 is 0 Å². The Bertz CT molecular complexity index is 107. The van der Waals surface area contributed by atoms with E-state index in [0.717, 1.165) is 13.2 Å². The molecule has 0 saturated carbocycles. The van der Waals surface area contributed by atoms with E-state index in [-0.39, 0.29) is 6.10 Å². The highest BCUT2D eigenvalue weighted by Gasteiger charge is 1.99. The Morgan fingerprint density at radius 3 is 2.38 bits per heavy atom. The molecule has 0 saturated heterocycles. The molecule has 80 valence electrons. The topological polar surface area (TPSA) is 30.5 Å². The number of ether oxygens (including phenoxy) is 2. The monoisotopic (exact) mass is 189 g/mol. The lowest BCUT2D eigenvalue weighted by Crippen LogP contribution is -2.25. The highest BCUT2D eigenvalue weighted by Crippen LogP contribution is 1.93. The fourth-order valence-electron chi connectivity index (χ4n) is 0.974. The predicted octanol–water partition coefficient (Wildman–Crippen LogP) is 1.28. The van der Waals surface area contributed by atoms with Crippen LogP contribution >= 0.6 is 0 Å². The highest BCUT2D eigenvalue weighted by molar-refractivity contribution is 4.51. The van der Waals surface area contributed by atoms with E-state index in [2.05, 4.69) is 26.1 Å². The van der Waals surface area contributed by atoms with Gasteiger partial charge in [0.05, 0.1) is 19.3 Å². The highest BCUT2D eigenvalue weighted by atomic mass is 16.5. The number of likely N-dealkylation sites (N-methyl/N-ethyl adjacent to an activating group) is 1. The van der Waals surface area contributed by atoms with Gasteiger partial charge in [-0.1, -0.05) is 13.8 Å². The maximum Gasteiger partial charge on any atom is 0.0704 e. The van der Waals surface area contributed by atoms with Gasteiger partial charge in [-0.15, -0.1) is 0 Å². The SMILES string of the molecule is CNCC(C)OCCOCC(C)C. The molecule has 0 aromatic carbocycles. The van der Waals surface area contributed by atoms with E-state index >= 15 is 0 Å². The number of rotatable bonds is 8. The molecule has 0 radical (unpaired) electrons. The average molecular weight is 189 g/mol. The van der Waals surface area contributed by atoms with Crippen molar-refractivity contribution in [2.75, 3.05) is 33.4 Å². The second-order valence-corrected chi connectivity index (χ2v) is 3.71. The van der Waals surface area contributed by atoms with Gasteiger partial charge in [0, 0.05) is 13.2 Å². The first-order chi connectivity index (χ1) is 6.16. The van der Waals surface area contributed by atoms with E-state index in [1.54, 1.807) is 0 Å². The molecule has 0 aliphatic rings. The Morgan fingerprint density at radius 2 is 1.85 bits per heavy atom. The third-order valence-corrected chi connectivity index (χ3v) is 1.57. The van der Waals surface area contributed by atoms with Gasteiger partial charge >= 0.3 is 0 Å². The molecule has 1 unspecified atom stereocenters. The molecule has 0 heterocycles. The first kappa shape index (κ1) is 12.9. The lowest BCUT2D eigenvalue weighted by molar-refractivity contribution is 0.00732. The Balaban J connectivity index is 3.06. The summed E-state index contributed by atoms with van der Waals surface area (Å²) in [5.41, 5.74) is 0. The molecule has 3 heteroatoms. The lowest BCUT2D eigenvalue weighted by atomic mass is 10.2. The van der Waals surface area contributed by atoms with Crippen LogP contribution in [-0.4, -0.2) is 39.5 Å². The van der Waals surface area contributed by atoms with Crippen LogP contribution in [0.3, 0.4) is 0 Å². The van der Waals surface area contributed by atoms with Crippen LogP contribution in [0.1, 0.15) is 20.8 Å². The fraction of sp³-hybridized carbons (Fsp3) is 1.00. The summed E-state index contributed by atoms with van der Waals surface area (Å²) in [4.78, 5) is 0. The van der Waals surface area contributed by atoms with Crippen LogP contribution in [-0.2, 0) is 9.47 Å². The molecule has 0 spiro atoms. The Kier molecular flexibility index (Phi) is 8.40. The van der Waals surface area contributed by atoms with Crippen LogP contribution in [0.5, 0.6) is 0 Å². The second-order valence-electron chi connectivity index (χ2n) is 3.71. The predicted molar refractivity (Wildman–Crippen MR) is 55.0 cm³/mol. The molecule has 0 bridgehead atoms. The molecular formula is C10H23NO2. The Hall–Kier alpha value is -0.120. The van der Waals surface area contributed by atoms with Crippen molar-refractivity contribution in [3.63, 3.8) is 0 Å². The van der Waals surface area contributed by atoms with Crippen molar-refractivity contribution in [1.29, 1.82) is 0 Å². The molecule has 1 atom stereocenters. The minimum absolute atomic E-state index is 0.271. The summed E-state index contributed by atoms with van der Waals surface area (Å²) in [6, 6.07) is 0. The summed E-state index contributed by atoms with van der Waals surface area (Å²) in [7, 11) is 1.93. The molecule has 0 aliphatic heterocycles. The zero-order valence-corrected chi connectivity index (χ0v) is 9.30. The third-order valence-electron chi connectivity index (χ3n) is 1.57. The molecule has 0 rings (SSSR count).